The Labute approximate surface area is 203 Å². The Morgan fingerprint density at radius 2 is 1.62 bits per heavy atom. The van der Waals surface area contributed by atoms with Crippen LogP contribution in [0.2, 0.25) is 0 Å². The zero-order valence-corrected chi connectivity index (χ0v) is 21.5. The van der Waals surface area contributed by atoms with E-state index in [0.29, 0.717) is 25.2 Å². The van der Waals surface area contributed by atoms with E-state index in [1.54, 1.807) is 27.8 Å². The van der Waals surface area contributed by atoms with Crippen LogP contribution in [0.4, 0.5) is 0 Å². The average Bonchev–Trinajstić information content (AvgIpc) is 3.15. The largest absolute Gasteiger partial charge is 0.332 e. The molecule has 0 saturated heterocycles. The molecule has 0 bridgehead atoms. The molecule has 0 spiro atoms. The minimum atomic E-state index is -3.66. The van der Waals surface area contributed by atoms with E-state index >= 15 is 0 Å². The van der Waals surface area contributed by atoms with Crippen molar-refractivity contribution < 1.29 is 13.2 Å². The molecule has 7 heteroatoms. The zero-order chi connectivity index (χ0) is 24.9. The summed E-state index contributed by atoms with van der Waals surface area (Å²) in [5.74, 6) is 0.304. The van der Waals surface area contributed by atoms with Gasteiger partial charge in [0.05, 0.1) is 24.2 Å². The van der Waals surface area contributed by atoms with Gasteiger partial charge in [-0.25, -0.2) is 13.4 Å². The van der Waals surface area contributed by atoms with Gasteiger partial charge < -0.3 is 9.47 Å². The normalized spacial score (nSPS) is 11.9. The number of nitrogens with zero attached hydrogens (tertiary/aromatic N) is 3. The van der Waals surface area contributed by atoms with Crippen LogP contribution in [-0.2, 0) is 28.7 Å². The number of rotatable bonds is 10. The molecule has 0 aliphatic heterocycles. The van der Waals surface area contributed by atoms with E-state index in [1.165, 1.54) is 0 Å². The molecule has 1 aromatic heterocycles. The van der Waals surface area contributed by atoms with E-state index < -0.39 is 9.84 Å². The molecule has 182 valence electrons. The highest BCUT2D eigenvalue weighted by molar-refractivity contribution is 7.90. The molecule has 3 rings (SSSR count). The van der Waals surface area contributed by atoms with Gasteiger partial charge in [0.15, 0.2) is 0 Å². The van der Waals surface area contributed by atoms with Crippen LogP contribution in [0.1, 0.15) is 54.9 Å². The van der Waals surface area contributed by atoms with E-state index in [9.17, 15) is 13.2 Å². The van der Waals surface area contributed by atoms with E-state index in [1.807, 2.05) is 63.2 Å². The topological polar surface area (TPSA) is 72.3 Å². The lowest BCUT2D eigenvalue weighted by molar-refractivity contribution is 0.0717. The van der Waals surface area contributed by atoms with Crippen molar-refractivity contribution in [2.75, 3.05) is 6.54 Å². The minimum absolute atomic E-state index is 0.0576. The van der Waals surface area contributed by atoms with Crippen molar-refractivity contribution >= 4 is 15.7 Å². The van der Waals surface area contributed by atoms with Crippen LogP contribution in [-0.4, -0.2) is 35.3 Å². The highest BCUT2D eigenvalue weighted by Crippen LogP contribution is 2.22. The first-order valence-corrected chi connectivity index (χ1v) is 13.4. The van der Waals surface area contributed by atoms with Crippen LogP contribution in [0.25, 0.3) is 0 Å². The molecule has 34 heavy (non-hydrogen) atoms. The summed E-state index contributed by atoms with van der Waals surface area (Å²) in [4.78, 5) is 19.6. The second kappa shape index (κ2) is 11.0. The smallest absolute Gasteiger partial charge is 0.254 e. The van der Waals surface area contributed by atoms with Crippen molar-refractivity contribution in [2.45, 2.75) is 58.6 Å². The van der Waals surface area contributed by atoms with Crippen LogP contribution >= 0.6 is 0 Å². The first kappa shape index (κ1) is 25.7. The van der Waals surface area contributed by atoms with Crippen LogP contribution in [0.3, 0.4) is 0 Å². The van der Waals surface area contributed by atoms with Crippen molar-refractivity contribution in [3.05, 3.63) is 83.2 Å². The molecule has 1 heterocycles. The molecule has 0 N–H and O–H groups in total. The number of sulfone groups is 1. The Hall–Kier alpha value is -2.93. The van der Waals surface area contributed by atoms with Gasteiger partial charge >= 0.3 is 0 Å². The lowest BCUT2D eigenvalue weighted by Crippen LogP contribution is -2.35. The molecule has 3 aromatic rings. The lowest BCUT2D eigenvalue weighted by atomic mass is 10.1. The zero-order valence-electron chi connectivity index (χ0n) is 20.7. The fourth-order valence-corrected chi connectivity index (χ4v) is 5.53. The SMILES string of the molecule is Cc1ccccc1C(=O)N(Cc1cnc(S(=O)(=O)Cc2ccccc2)n1CC(C)C)CC(C)C. The third-order valence-electron chi connectivity index (χ3n) is 5.53. The van der Waals surface area contributed by atoms with Crippen LogP contribution in [0.15, 0.2) is 66.0 Å². The van der Waals surface area contributed by atoms with Crippen molar-refractivity contribution in [3.63, 3.8) is 0 Å². The number of imidazole rings is 1. The summed E-state index contributed by atoms with van der Waals surface area (Å²) in [5, 5.41) is 0.0629. The Morgan fingerprint density at radius 1 is 0.971 bits per heavy atom. The molecule has 1 amide bonds. The molecule has 0 unspecified atom stereocenters. The highest BCUT2D eigenvalue weighted by atomic mass is 32.2. The minimum Gasteiger partial charge on any atom is -0.332 e. The fraction of sp³-hybridized carbons (Fsp3) is 0.407. The van der Waals surface area contributed by atoms with Crippen molar-refractivity contribution in [1.82, 2.24) is 14.5 Å². The van der Waals surface area contributed by atoms with E-state index in [0.717, 1.165) is 16.8 Å². The van der Waals surface area contributed by atoms with Crippen molar-refractivity contribution in [3.8, 4) is 0 Å². The number of aromatic nitrogens is 2. The molecule has 0 atom stereocenters. The van der Waals surface area contributed by atoms with Crippen LogP contribution < -0.4 is 0 Å². The maximum Gasteiger partial charge on any atom is 0.254 e. The summed E-state index contributed by atoms with van der Waals surface area (Å²) in [6.45, 7) is 11.5. The molecule has 0 saturated carbocycles. The van der Waals surface area contributed by atoms with Gasteiger partial charge in [-0.2, -0.15) is 0 Å². The number of hydrogen-bond donors (Lipinski definition) is 0. The Balaban J connectivity index is 1.98. The molecule has 6 nitrogen and oxygen atoms in total. The number of hydrogen-bond acceptors (Lipinski definition) is 4. The highest BCUT2D eigenvalue weighted by Gasteiger charge is 2.27. The van der Waals surface area contributed by atoms with E-state index in [-0.39, 0.29) is 28.7 Å². The second-order valence-corrected chi connectivity index (χ2v) is 11.6. The molecule has 0 aliphatic rings. The fourth-order valence-electron chi connectivity index (χ4n) is 4.02. The Kier molecular flexibility index (Phi) is 8.31. The predicted octanol–water partition coefficient (Wildman–Crippen LogP) is 5.12. The summed E-state index contributed by atoms with van der Waals surface area (Å²) in [5.41, 5.74) is 3.03. The summed E-state index contributed by atoms with van der Waals surface area (Å²) >= 11 is 0. The van der Waals surface area contributed by atoms with Gasteiger partial charge in [-0.1, -0.05) is 76.2 Å². The quantitative estimate of drug-likeness (QED) is 0.403. The van der Waals surface area contributed by atoms with Gasteiger partial charge in [-0.05, 0) is 36.0 Å². The summed E-state index contributed by atoms with van der Waals surface area (Å²) < 4.78 is 28.4. The van der Waals surface area contributed by atoms with Crippen LogP contribution in [0, 0.1) is 18.8 Å². The van der Waals surface area contributed by atoms with Gasteiger partial charge in [0.2, 0.25) is 15.0 Å². The monoisotopic (exact) mass is 481 g/mol. The molecular formula is C27H35N3O3S. The maximum absolute atomic E-state index is 13.5. The number of carbonyl (C=O) groups is 1. The third-order valence-corrected chi connectivity index (χ3v) is 7.12. The first-order valence-electron chi connectivity index (χ1n) is 11.7. The Morgan fingerprint density at radius 3 is 2.24 bits per heavy atom. The first-order chi connectivity index (χ1) is 16.1. The average molecular weight is 482 g/mol. The molecule has 0 aliphatic carbocycles. The second-order valence-electron chi connectivity index (χ2n) is 9.68. The number of aryl methyl sites for hydroxylation is 1. The van der Waals surface area contributed by atoms with E-state index in [4.69, 9.17) is 0 Å². The maximum atomic E-state index is 13.5. The predicted molar refractivity (Wildman–Crippen MR) is 135 cm³/mol. The third kappa shape index (κ3) is 6.35. The van der Waals surface area contributed by atoms with Gasteiger partial charge in [0.25, 0.3) is 5.91 Å². The van der Waals surface area contributed by atoms with Gasteiger partial charge in [-0.3, -0.25) is 4.79 Å². The molecule has 0 radical (unpaired) electrons. The summed E-state index contributed by atoms with van der Waals surface area (Å²) in [6.07, 6.45) is 1.61. The summed E-state index contributed by atoms with van der Waals surface area (Å²) in [6, 6.07) is 16.7. The molecule has 0 fully saturated rings. The molecule has 2 aromatic carbocycles. The standard InChI is InChI=1S/C27H35N3O3S/c1-20(2)16-29(26(31)25-14-10-9-11-22(25)5)18-24-15-28-27(30(24)17-21(3)4)34(32,33)19-23-12-7-6-8-13-23/h6-15,20-21H,16-19H2,1-5H3. The van der Waals surface area contributed by atoms with Gasteiger partial charge in [0, 0.05) is 18.7 Å². The van der Waals surface area contributed by atoms with Crippen molar-refractivity contribution in [1.29, 1.82) is 0 Å². The summed E-state index contributed by atoms with van der Waals surface area (Å²) in [7, 11) is -3.66. The number of amides is 1. The lowest BCUT2D eigenvalue weighted by Gasteiger charge is -2.26. The molecular weight excluding hydrogens is 446 g/mol. The van der Waals surface area contributed by atoms with E-state index in [2.05, 4.69) is 18.8 Å². The number of carbonyl (C=O) groups excluding carboxylic acids is 1. The van der Waals surface area contributed by atoms with Crippen LogP contribution in [0.5, 0.6) is 0 Å². The Bertz CT molecular complexity index is 1210. The van der Waals surface area contributed by atoms with Gasteiger partial charge in [0.1, 0.15) is 0 Å². The van der Waals surface area contributed by atoms with Gasteiger partial charge in [-0.15, -0.1) is 0 Å². The van der Waals surface area contributed by atoms with Crippen molar-refractivity contribution in [2.24, 2.45) is 11.8 Å². The number of benzene rings is 2.